The van der Waals surface area contributed by atoms with Crippen molar-refractivity contribution in [1.82, 2.24) is 5.32 Å². The molecule has 0 aliphatic heterocycles. The Bertz CT molecular complexity index is 160. The Kier molecular flexibility index (Phi) is 5.27. The van der Waals surface area contributed by atoms with Gasteiger partial charge in [-0.1, -0.05) is 6.92 Å². The number of likely N-dealkylation sites (N-methyl/N-ethyl adjacent to an activating group) is 1. The van der Waals surface area contributed by atoms with Gasteiger partial charge >= 0.3 is 0 Å². The molecule has 0 spiro atoms. The van der Waals surface area contributed by atoms with E-state index in [4.69, 9.17) is 4.55 Å². The lowest BCUT2D eigenvalue weighted by molar-refractivity contribution is -0.120. The van der Waals surface area contributed by atoms with E-state index in [1.807, 2.05) is 0 Å². The van der Waals surface area contributed by atoms with Gasteiger partial charge in [0.05, 0.1) is 11.8 Å². The van der Waals surface area contributed by atoms with Crippen LogP contribution < -0.4 is 5.32 Å². The minimum atomic E-state index is -1.90. The number of ketones is 1. The maximum absolute atomic E-state index is 11.0. The van der Waals surface area contributed by atoms with Crippen molar-refractivity contribution in [3.8, 4) is 0 Å². The van der Waals surface area contributed by atoms with Crippen LogP contribution in [0, 0.1) is 0 Å². The van der Waals surface area contributed by atoms with Gasteiger partial charge in [-0.3, -0.25) is 4.79 Å². The molecule has 0 fully saturated rings. The first kappa shape index (κ1) is 10.7. The van der Waals surface area contributed by atoms with E-state index in [9.17, 15) is 9.00 Å². The Morgan fingerprint density at radius 2 is 2.27 bits per heavy atom. The zero-order chi connectivity index (χ0) is 8.85. The van der Waals surface area contributed by atoms with Gasteiger partial charge in [0.2, 0.25) is 0 Å². The predicted molar refractivity (Wildman–Crippen MR) is 43.8 cm³/mol. The van der Waals surface area contributed by atoms with Crippen LogP contribution in [0.2, 0.25) is 0 Å². The summed E-state index contributed by atoms with van der Waals surface area (Å²) in [6, 6.07) is -0.481. The average molecular weight is 179 g/mol. The minimum absolute atomic E-state index is 0.0246. The van der Waals surface area contributed by atoms with Crippen LogP contribution in [0.3, 0.4) is 0 Å². The molecular formula is C6H13NO3S. The standard InChI is InChI=1S/C6H13NO3S/c1-3-6(8)5(7-2)4-11(9)10/h5,7H,3-4H2,1-2H3,(H,9,10)/t5-/m0/s1. The van der Waals surface area contributed by atoms with E-state index in [0.29, 0.717) is 6.42 Å². The largest absolute Gasteiger partial charge is 0.310 e. The molecular weight excluding hydrogens is 166 g/mol. The molecule has 0 saturated carbocycles. The summed E-state index contributed by atoms with van der Waals surface area (Å²) >= 11 is -1.90. The fourth-order valence-electron chi connectivity index (χ4n) is 0.726. The van der Waals surface area contributed by atoms with Crippen molar-refractivity contribution >= 4 is 16.9 Å². The van der Waals surface area contributed by atoms with Crippen molar-refractivity contribution < 1.29 is 13.6 Å². The maximum Gasteiger partial charge on any atom is 0.154 e. The van der Waals surface area contributed by atoms with Gasteiger partial charge in [0, 0.05) is 6.42 Å². The summed E-state index contributed by atoms with van der Waals surface area (Å²) in [5, 5.41) is 2.68. The molecule has 5 heteroatoms. The summed E-state index contributed by atoms with van der Waals surface area (Å²) < 4.78 is 18.8. The monoisotopic (exact) mass is 179 g/mol. The molecule has 66 valence electrons. The number of rotatable bonds is 5. The van der Waals surface area contributed by atoms with Gasteiger partial charge in [-0.2, -0.15) is 0 Å². The fraction of sp³-hybridized carbons (Fsp3) is 0.833. The zero-order valence-corrected chi connectivity index (χ0v) is 7.48. The van der Waals surface area contributed by atoms with Crippen molar-refractivity contribution in [1.29, 1.82) is 0 Å². The topological polar surface area (TPSA) is 66.4 Å². The van der Waals surface area contributed by atoms with Crippen LogP contribution in [-0.2, 0) is 15.9 Å². The Hall–Kier alpha value is -0.260. The Morgan fingerprint density at radius 1 is 1.73 bits per heavy atom. The summed E-state index contributed by atoms with van der Waals surface area (Å²) in [7, 11) is 1.60. The first-order chi connectivity index (χ1) is 5.11. The van der Waals surface area contributed by atoms with Crippen molar-refractivity contribution in [3.63, 3.8) is 0 Å². The van der Waals surface area contributed by atoms with E-state index >= 15 is 0 Å². The van der Waals surface area contributed by atoms with Crippen molar-refractivity contribution in [3.05, 3.63) is 0 Å². The molecule has 0 rings (SSSR count). The van der Waals surface area contributed by atoms with E-state index in [2.05, 4.69) is 5.32 Å². The van der Waals surface area contributed by atoms with Gasteiger partial charge in [-0.05, 0) is 7.05 Å². The third-order valence-electron chi connectivity index (χ3n) is 1.39. The third kappa shape index (κ3) is 4.23. The Morgan fingerprint density at radius 3 is 2.55 bits per heavy atom. The summed E-state index contributed by atoms with van der Waals surface area (Å²) in [6.45, 7) is 1.73. The highest BCUT2D eigenvalue weighted by molar-refractivity contribution is 7.79. The zero-order valence-electron chi connectivity index (χ0n) is 6.66. The average Bonchev–Trinajstić information content (AvgIpc) is 1.98. The number of carbonyl (C=O) groups is 1. The van der Waals surface area contributed by atoms with Gasteiger partial charge in [0.1, 0.15) is 5.78 Å². The molecule has 2 N–H and O–H groups in total. The van der Waals surface area contributed by atoms with Crippen molar-refractivity contribution in [2.45, 2.75) is 19.4 Å². The summed E-state index contributed by atoms with van der Waals surface area (Å²) in [5.41, 5.74) is 0. The van der Waals surface area contributed by atoms with Gasteiger partial charge < -0.3 is 9.87 Å². The van der Waals surface area contributed by atoms with Crippen molar-refractivity contribution in [2.24, 2.45) is 0 Å². The molecule has 0 aromatic rings. The fourth-order valence-corrected chi connectivity index (χ4v) is 1.36. The second kappa shape index (κ2) is 5.40. The molecule has 0 amide bonds. The van der Waals surface area contributed by atoms with E-state index < -0.39 is 17.1 Å². The molecule has 0 radical (unpaired) electrons. The minimum Gasteiger partial charge on any atom is -0.310 e. The van der Waals surface area contributed by atoms with Gasteiger partial charge in [-0.25, -0.2) is 4.21 Å². The molecule has 0 aliphatic carbocycles. The second-order valence-corrected chi connectivity index (χ2v) is 3.13. The molecule has 1 unspecified atom stereocenters. The van der Waals surface area contributed by atoms with E-state index in [-0.39, 0.29) is 11.5 Å². The second-order valence-electron chi connectivity index (χ2n) is 2.15. The Labute approximate surface area is 68.7 Å². The molecule has 0 bridgehead atoms. The van der Waals surface area contributed by atoms with Crippen LogP contribution in [0.1, 0.15) is 13.3 Å². The normalized spacial score (nSPS) is 15.9. The molecule has 0 saturated heterocycles. The highest BCUT2D eigenvalue weighted by Gasteiger charge is 2.15. The van der Waals surface area contributed by atoms with Crippen molar-refractivity contribution in [2.75, 3.05) is 12.8 Å². The quantitative estimate of drug-likeness (QED) is 0.572. The van der Waals surface area contributed by atoms with Gasteiger partial charge in [0.15, 0.2) is 11.1 Å². The maximum atomic E-state index is 11.0. The van der Waals surface area contributed by atoms with Gasteiger partial charge in [0.25, 0.3) is 0 Å². The molecule has 2 atom stereocenters. The highest BCUT2D eigenvalue weighted by atomic mass is 32.2. The molecule has 4 nitrogen and oxygen atoms in total. The predicted octanol–water partition coefficient (Wildman–Crippen LogP) is -0.225. The van der Waals surface area contributed by atoms with Crippen LogP contribution in [0.5, 0.6) is 0 Å². The van der Waals surface area contributed by atoms with Crippen LogP contribution in [0.15, 0.2) is 0 Å². The molecule has 0 aromatic heterocycles. The molecule has 0 heterocycles. The van der Waals surface area contributed by atoms with Gasteiger partial charge in [-0.15, -0.1) is 0 Å². The number of Topliss-reactive ketones (excluding diaryl/α,β-unsaturated/α-hetero) is 1. The third-order valence-corrected chi connectivity index (χ3v) is 2.01. The molecule has 0 aliphatic rings. The summed E-state index contributed by atoms with van der Waals surface area (Å²) in [6.07, 6.45) is 0.392. The highest BCUT2D eigenvalue weighted by Crippen LogP contribution is 1.92. The SMILES string of the molecule is CCC(=O)[C@H](CS(=O)O)NC. The molecule has 11 heavy (non-hydrogen) atoms. The van der Waals surface area contributed by atoms with E-state index in [0.717, 1.165) is 0 Å². The summed E-state index contributed by atoms with van der Waals surface area (Å²) in [5.74, 6) is -0.0571. The van der Waals surface area contributed by atoms with E-state index in [1.54, 1.807) is 14.0 Å². The first-order valence-electron chi connectivity index (χ1n) is 3.39. The number of hydrogen-bond acceptors (Lipinski definition) is 3. The first-order valence-corrected chi connectivity index (χ1v) is 4.66. The Balaban J connectivity index is 3.94. The number of nitrogens with one attached hydrogen (secondary N) is 1. The smallest absolute Gasteiger partial charge is 0.154 e. The summed E-state index contributed by atoms with van der Waals surface area (Å²) in [4.78, 5) is 11.0. The molecule has 0 aromatic carbocycles. The number of carbonyl (C=O) groups excluding carboxylic acids is 1. The van der Waals surface area contributed by atoms with Crippen LogP contribution >= 0.6 is 0 Å². The van der Waals surface area contributed by atoms with Crippen LogP contribution in [0.25, 0.3) is 0 Å². The van der Waals surface area contributed by atoms with Crippen LogP contribution in [-0.4, -0.2) is 33.4 Å². The lowest BCUT2D eigenvalue weighted by Gasteiger charge is -2.10. The van der Waals surface area contributed by atoms with E-state index in [1.165, 1.54) is 0 Å². The van der Waals surface area contributed by atoms with Crippen LogP contribution in [0.4, 0.5) is 0 Å². The lowest BCUT2D eigenvalue weighted by atomic mass is 10.2. The lowest BCUT2D eigenvalue weighted by Crippen LogP contribution is -2.38. The number of hydrogen-bond donors (Lipinski definition) is 2.